The Labute approximate surface area is 124 Å². The van der Waals surface area contributed by atoms with E-state index in [2.05, 4.69) is 15.5 Å². The van der Waals surface area contributed by atoms with Crippen LogP contribution in [0.4, 0.5) is 5.69 Å². The Morgan fingerprint density at radius 3 is 2.57 bits per heavy atom. The number of nitro benzene ring substituents is 1. The van der Waals surface area contributed by atoms with Crippen LogP contribution < -0.4 is 5.43 Å². The summed E-state index contributed by atoms with van der Waals surface area (Å²) in [5, 5.41) is 15.2. The van der Waals surface area contributed by atoms with E-state index in [1.54, 1.807) is 19.1 Å². The van der Waals surface area contributed by atoms with Crippen LogP contribution in [0.5, 0.6) is 0 Å². The third-order valence-corrected chi connectivity index (χ3v) is 3.67. The van der Waals surface area contributed by atoms with Crippen molar-refractivity contribution in [3.8, 4) is 0 Å². The minimum atomic E-state index is -0.475. The summed E-state index contributed by atoms with van der Waals surface area (Å²) in [4.78, 5) is 26.6. The Hall–Kier alpha value is -2.61. The van der Waals surface area contributed by atoms with Crippen LogP contribution in [-0.4, -0.2) is 22.0 Å². The summed E-state index contributed by atoms with van der Waals surface area (Å²) in [6.45, 7) is 3.59. The number of aromatic nitrogens is 1. The molecule has 8 heteroatoms. The van der Waals surface area contributed by atoms with Crippen molar-refractivity contribution in [3.05, 3.63) is 55.5 Å². The zero-order valence-electron chi connectivity index (χ0n) is 11.4. The minimum Gasteiger partial charge on any atom is -0.266 e. The number of hydrazone groups is 1. The minimum absolute atomic E-state index is 0.00643. The topological polar surface area (TPSA) is 97.5 Å². The number of nitrogens with one attached hydrogen (secondary N) is 1. The molecule has 2 rings (SSSR count). The second-order valence-corrected chi connectivity index (χ2v) is 5.40. The number of nitro groups is 1. The molecule has 21 heavy (non-hydrogen) atoms. The van der Waals surface area contributed by atoms with Gasteiger partial charge in [0.2, 0.25) is 0 Å². The molecule has 1 amide bonds. The highest BCUT2D eigenvalue weighted by Gasteiger charge is 2.12. The van der Waals surface area contributed by atoms with Crippen LogP contribution in [0.15, 0.2) is 29.4 Å². The third kappa shape index (κ3) is 3.69. The number of hydrogen-bond acceptors (Lipinski definition) is 6. The summed E-state index contributed by atoms with van der Waals surface area (Å²) in [6, 6.07) is 5.85. The molecule has 2 aromatic rings. The van der Waals surface area contributed by atoms with Gasteiger partial charge in [-0.25, -0.2) is 10.4 Å². The Bertz CT molecular complexity index is 707. The second-order valence-electron chi connectivity index (χ2n) is 4.20. The molecule has 0 saturated heterocycles. The molecule has 0 bridgehead atoms. The maximum Gasteiger partial charge on any atom is 0.283 e. The van der Waals surface area contributed by atoms with Crippen molar-refractivity contribution in [3.63, 3.8) is 0 Å². The van der Waals surface area contributed by atoms with Gasteiger partial charge in [-0.3, -0.25) is 14.9 Å². The van der Waals surface area contributed by atoms with Gasteiger partial charge in [0.05, 0.1) is 21.8 Å². The van der Waals surface area contributed by atoms with Crippen LogP contribution in [0.1, 0.15) is 25.9 Å². The van der Waals surface area contributed by atoms with Gasteiger partial charge in [-0.15, -0.1) is 11.3 Å². The van der Waals surface area contributed by atoms with Gasteiger partial charge in [0.25, 0.3) is 11.6 Å². The van der Waals surface area contributed by atoms with Crippen molar-refractivity contribution in [1.29, 1.82) is 0 Å². The molecule has 1 aromatic heterocycles. The molecule has 108 valence electrons. The molecular weight excluding hydrogens is 292 g/mol. The van der Waals surface area contributed by atoms with E-state index >= 15 is 0 Å². The largest absolute Gasteiger partial charge is 0.283 e. The molecule has 7 nitrogen and oxygen atoms in total. The fraction of sp³-hybridized carbons (Fsp3) is 0.154. The lowest BCUT2D eigenvalue weighted by Gasteiger charge is -1.97. The highest BCUT2D eigenvalue weighted by molar-refractivity contribution is 7.13. The Morgan fingerprint density at radius 1 is 1.38 bits per heavy atom. The zero-order chi connectivity index (χ0) is 15.4. The lowest BCUT2D eigenvalue weighted by molar-refractivity contribution is -0.384. The second kappa shape index (κ2) is 6.23. The molecule has 1 N–H and O–H groups in total. The van der Waals surface area contributed by atoms with Crippen LogP contribution in [0.3, 0.4) is 0 Å². The van der Waals surface area contributed by atoms with Crippen molar-refractivity contribution in [2.75, 3.05) is 0 Å². The smallest absolute Gasteiger partial charge is 0.266 e. The van der Waals surface area contributed by atoms with Gasteiger partial charge in [-0.05, 0) is 31.5 Å². The first kappa shape index (κ1) is 14.8. The third-order valence-electron chi connectivity index (χ3n) is 2.59. The molecule has 0 fully saturated rings. The van der Waals surface area contributed by atoms with E-state index in [0.29, 0.717) is 16.1 Å². The normalized spacial score (nSPS) is 10.8. The standard InChI is InChI=1S/C13H12N4O3S/c1-8-12(21-9(2)15-8)13(18)16-14-7-10-3-5-11(6-4-10)17(19)20/h3-7H,1-2H3,(H,16,18)/b14-7-. The van der Waals surface area contributed by atoms with Gasteiger partial charge in [-0.2, -0.15) is 5.10 Å². The van der Waals surface area contributed by atoms with Gasteiger partial charge in [-0.1, -0.05) is 0 Å². The molecule has 0 unspecified atom stereocenters. The first-order chi connectivity index (χ1) is 9.97. The Kier molecular flexibility index (Phi) is 4.39. The molecule has 0 spiro atoms. The fourth-order valence-corrected chi connectivity index (χ4v) is 2.45. The number of benzene rings is 1. The molecule has 0 radical (unpaired) electrons. The summed E-state index contributed by atoms with van der Waals surface area (Å²) in [5.74, 6) is -0.323. The Morgan fingerprint density at radius 2 is 2.05 bits per heavy atom. The number of aryl methyl sites for hydroxylation is 2. The lowest BCUT2D eigenvalue weighted by Crippen LogP contribution is -2.17. The molecule has 0 aliphatic heterocycles. The number of non-ortho nitro benzene ring substituents is 1. The quantitative estimate of drug-likeness (QED) is 0.533. The Balaban J connectivity index is 2.00. The number of amides is 1. The molecule has 1 aromatic carbocycles. The van der Waals surface area contributed by atoms with Gasteiger partial charge in [0, 0.05) is 12.1 Å². The van der Waals surface area contributed by atoms with E-state index < -0.39 is 4.92 Å². The van der Waals surface area contributed by atoms with Crippen molar-refractivity contribution in [1.82, 2.24) is 10.4 Å². The fourth-order valence-electron chi connectivity index (χ4n) is 1.64. The van der Waals surface area contributed by atoms with E-state index in [1.165, 1.54) is 29.7 Å². The highest BCUT2D eigenvalue weighted by Crippen LogP contribution is 2.16. The van der Waals surface area contributed by atoms with Crippen LogP contribution >= 0.6 is 11.3 Å². The van der Waals surface area contributed by atoms with Gasteiger partial charge < -0.3 is 0 Å². The van der Waals surface area contributed by atoms with E-state index in [-0.39, 0.29) is 11.6 Å². The maximum atomic E-state index is 11.9. The number of carbonyl (C=O) groups excluding carboxylic acids is 1. The van der Waals surface area contributed by atoms with Crippen molar-refractivity contribution >= 4 is 29.1 Å². The number of rotatable bonds is 4. The molecule has 0 aliphatic rings. The first-order valence-corrected chi connectivity index (χ1v) is 6.81. The van der Waals surface area contributed by atoms with Crippen molar-refractivity contribution in [2.45, 2.75) is 13.8 Å². The van der Waals surface area contributed by atoms with Crippen LogP contribution in [0.2, 0.25) is 0 Å². The summed E-state index contributed by atoms with van der Waals surface area (Å²) >= 11 is 1.30. The summed E-state index contributed by atoms with van der Waals surface area (Å²) in [6.07, 6.45) is 1.42. The van der Waals surface area contributed by atoms with Crippen molar-refractivity contribution < 1.29 is 9.72 Å². The maximum absolute atomic E-state index is 11.9. The predicted octanol–water partition coefficient (Wildman–Crippen LogP) is 2.43. The van der Waals surface area contributed by atoms with E-state index in [0.717, 1.165) is 5.01 Å². The molecular formula is C13H12N4O3S. The zero-order valence-corrected chi connectivity index (χ0v) is 12.2. The van der Waals surface area contributed by atoms with Crippen LogP contribution in [-0.2, 0) is 0 Å². The number of thiazole rings is 1. The van der Waals surface area contributed by atoms with Crippen LogP contribution in [0, 0.1) is 24.0 Å². The molecule has 0 atom stereocenters. The van der Waals surface area contributed by atoms with Gasteiger partial charge in [0.15, 0.2) is 0 Å². The van der Waals surface area contributed by atoms with Gasteiger partial charge in [0.1, 0.15) is 4.88 Å². The van der Waals surface area contributed by atoms with Crippen molar-refractivity contribution in [2.24, 2.45) is 5.10 Å². The van der Waals surface area contributed by atoms with E-state index in [9.17, 15) is 14.9 Å². The SMILES string of the molecule is Cc1nc(C)c(C(=O)N/N=C\c2ccc([N+](=O)[O-])cc2)s1. The average Bonchev–Trinajstić information content (AvgIpc) is 2.78. The summed E-state index contributed by atoms with van der Waals surface area (Å²) in [7, 11) is 0. The molecule has 1 heterocycles. The number of hydrogen-bond donors (Lipinski definition) is 1. The van der Waals surface area contributed by atoms with E-state index in [4.69, 9.17) is 0 Å². The predicted molar refractivity (Wildman–Crippen MR) is 79.7 cm³/mol. The van der Waals surface area contributed by atoms with Crippen LogP contribution in [0.25, 0.3) is 0 Å². The molecule has 0 aliphatic carbocycles. The number of carbonyl (C=O) groups is 1. The lowest BCUT2D eigenvalue weighted by atomic mass is 10.2. The average molecular weight is 304 g/mol. The monoisotopic (exact) mass is 304 g/mol. The number of nitrogens with zero attached hydrogens (tertiary/aromatic N) is 3. The van der Waals surface area contributed by atoms with E-state index in [1.807, 2.05) is 6.92 Å². The highest BCUT2D eigenvalue weighted by atomic mass is 32.1. The summed E-state index contributed by atoms with van der Waals surface area (Å²) in [5.41, 5.74) is 3.73. The first-order valence-electron chi connectivity index (χ1n) is 5.99. The van der Waals surface area contributed by atoms with Gasteiger partial charge >= 0.3 is 0 Å². The molecule has 0 saturated carbocycles. The summed E-state index contributed by atoms with van der Waals surface area (Å²) < 4.78 is 0.